The van der Waals surface area contributed by atoms with E-state index in [-0.39, 0.29) is 18.5 Å². The number of aliphatic carboxylic acids is 1. The average Bonchev–Trinajstić information content (AvgIpc) is 3.07. The molecule has 0 radical (unpaired) electrons. The van der Waals surface area contributed by atoms with Crippen molar-refractivity contribution in [3.8, 4) is 0 Å². The zero-order chi connectivity index (χ0) is 35.0. The number of hydrogen-bond donors (Lipinski definition) is 1. The van der Waals surface area contributed by atoms with Crippen molar-refractivity contribution in [2.24, 2.45) is 0 Å². The van der Waals surface area contributed by atoms with Gasteiger partial charge in [0.2, 0.25) is 0 Å². The molecule has 0 fully saturated rings. The quantitative estimate of drug-likeness (QED) is 0.0516. The predicted octanol–water partition coefficient (Wildman–Crippen LogP) is 15.2. The third kappa shape index (κ3) is 39.4. The molecule has 1 unspecified atom stereocenters. The van der Waals surface area contributed by atoms with Crippen molar-refractivity contribution < 1.29 is 19.4 Å². The lowest BCUT2D eigenvalue weighted by atomic mass is 10.0. The first-order chi connectivity index (χ1) is 23.6. The Bertz CT molecular complexity index is 648. The number of carbonyl (C=O) groups excluding carboxylic acids is 1. The number of hydrogen-bond acceptors (Lipinski definition) is 3. The molecule has 0 amide bonds. The monoisotopic (exact) mass is 679 g/mol. The van der Waals surface area contributed by atoms with Crippen LogP contribution in [0.5, 0.6) is 0 Å². The van der Waals surface area contributed by atoms with Gasteiger partial charge in [0.25, 0.3) is 0 Å². The Morgan fingerprint density at radius 1 is 0.375 bits per heavy atom. The first kappa shape index (κ1) is 46.9. The lowest BCUT2D eigenvalue weighted by molar-refractivity contribution is -0.150. The van der Waals surface area contributed by atoms with E-state index in [1.165, 1.54) is 173 Å². The van der Waals surface area contributed by atoms with Crippen LogP contribution >= 0.6 is 0 Å². The summed E-state index contributed by atoms with van der Waals surface area (Å²) in [6.07, 6.45) is 48.5. The van der Waals surface area contributed by atoms with Gasteiger partial charge in [-0.05, 0) is 38.5 Å². The minimum Gasteiger partial charge on any atom is -0.481 e. The fraction of sp³-hybridized carbons (Fsp3) is 0.955. The normalized spacial score (nSPS) is 12.0. The van der Waals surface area contributed by atoms with Crippen LogP contribution in [0, 0.1) is 0 Å². The van der Waals surface area contributed by atoms with Crippen LogP contribution in [-0.4, -0.2) is 23.1 Å². The molecule has 0 aliphatic rings. The van der Waals surface area contributed by atoms with Crippen LogP contribution in [0.4, 0.5) is 0 Å². The number of rotatable bonds is 41. The first-order valence-electron chi connectivity index (χ1n) is 22.0. The standard InChI is InChI=1S/C44H86O4/c1-3-5-7-9-11-13-15-17-19-20-21-23-25-27-30-34-38-42(39-35-31-29-32-36-40-43(45)46)48-44(47)41-37-33-28-26-24-22-18-16-14-12-10-8-6-4-2/h42H,3-41H2,1-2H3,(H,45,46). The Kier molecular flexibility index (Phi) is 39.5. The van der Waals surface area contributed by atoms with Crippen molar-refractivity contribution in [3.05, 3.63) is 0 Å². The molecule has 1 N–H and O–H groups in total. The van der Waals surface area contributed by atoms with E-state index in [0.717, 1.165) is 64.2 Å². The Balaban J connectivity index is 3.96. The molecule has 0 aromatic carbocycles. The van der Waals surface area contributed by atoms with Gasteiger partial charge in [0.15, 0.2) is 0 Å². The summed E-state index contributed by atoms with van der Waals surface area (Å²) in [5, 5.41) is 8.84. The summed E-state index contributed by atoms with van der Waals surface area (Å²) in [5.41, 5.74) is 0. The first-order valence-corrected chi connectivity index (χ1v) is 22.0. The highest BCUT2D eigenvalue weighted by Crippen LogP contribution is 2.19. The minimum atomic E-state index is -0.695. The van der Waals surface area contributed by atoms with Gasteiger partial charge in [-0.3, -0.25) is 9.59 Å². The Morgan fingerprint density at radius 2 is 0.625 bits per heavy atom. The highest BCUT2D eigenvalue weighted by molar-refractivity contribution is 5.69. The zero-order valence-corrected chi connectivity index (χ0v) is 32.8. The lowest BCUT2D eigenvalue weighted by Crippen LogP contribution is -2.18. The second-order valence-electron chi connectivity index (χ2n) is 15.3. The summed E-state index contributed by atoms with van der Waals surface area (Å²) in [4.78, 5) is 23.4. The van der Waals surface area contributed by atoms with E-state index in [1.807, 2.05) is 0 Å². The van der Waals surface area contributed by atoms with Gasteiger partial charge < -0.3 is 9.84 Å². The second kappa shape index (κ2) is 40.4. The number of unbranched alkanes of at least 4 members (excludes halogenated alkanes) is 32. The average molecular weight is 679 g/mol. The highest BCUT2D eigenvalue weighted by Gasteiger charge is 2.14. The van der Waals surface area contributed by atoms with Gasteiger partial charge in [-0.25, -0.2) is 0 Å². The summed E-state index contributed by atoms with van der Waals surface area (Å²) >= 11 is 0. The van der Waals surface area contributed by atoms with Crippen LogP contribution in [0.25, 0.3) is 0 Å². The molecule has 0 aliphatic heterocycles. The molecule has 0 aromatic heterocycles. The second-order valence-corrected chi connectivity index (χ2v) is 15.3. The van der Waals surface area contributed by atoms with E-state index in [1.54, 1.807) is 0 Å². The molecule has 0 saturated heterocycles. The van der Waals surface area contributed by atoms with Crippen LogP contribution in [0.1, 0.15) is 264 Å². The molecule has 0 heterocycles. The number of carboxylic acids is 1. The summed E-state index contributed by atoms with van der Waals surface area (Å²) in [5.74, 6) is -0.684. The van der Waals surface area contributed by atoms with Crippen LogP contribution in [0.3, 0.4) is 0 Å². The lowest BCUT2D eigenvalue weighted by Gasteiger charge is -2.18. The molecule has 4 nitrogen and oxygen atoms in total. The topological polar surface area (TPSA) is 63.6 Å². The van der Waals surface area contributed by atoms with Crippen molar-refractivity contribution in [3.63, 3.8) is 0 Å². The molecule has 0 spiro atoms. The largest absolute Gasteiger partial charge is 0.481 e. The Labute approximate surface area is 301 Å². The third-order valence-electron chi connectivity index (χ3n) is 10.3. The number of carbonyl (C=O) groups is 2. The number of ether oxygens (including phenoxy) is 1. The van der Waals surface area contributed by atoms with Gasteiger partial charge in [0.1, 0.15) is 6.10 Å². The van der Waals surface area contributed by atoms with Gasteiger partial charge >= 0.3 is 11.9 Å². The summed E-state index contributed by atoms with van der Waals surface area (Å²) in [6.45, 7) is 4.57. The molecule has 48 heavy (non-hydrogen) atoms. The van der Waals surface area contributed by atoms with E-state index < -0.39 is 5.97 Å². The molecule has 0 aliphatic carbocycles. The van der Waals surface area contributed by atoms with E-state index in [2.05, 4.69) is 13.8 Å². The third-order valence-corrected chi connectivity index (χ3v) is 10.3. The van der Waals surface area contributed by atoms with Gasteiger partial charge in [-0.15, -0.1) is 0 Å². The Morgan fingerprint density at radius 3 is 0.917 bits per heavy atom. The summed E-state index contributed by atoms with van der Waals surface area (Å²) in [6, 6.07) is 0. The highest BCUT2D eigenvalue weighted by atomic mass is 16.5. The van der Waals surface area contributed by atoms with Gasteiger partial charge in [-0.1, -0.05) is 213 Å². The van der Waals surface area contributed by atoms with E-state index >= 15 is 0 Å². The predicted molar refractivity (Wildman–Crippen MR) is 209 cm³/mol. The molecule has 1 atom stereocenters. The van der Waals surface area contributed by atoms with Crippen molar-refractivity contribution in [2.75, 3.05) is 0 Å². The van der Waals surface area contributed by atoms with Crippen LogP contribution in [-0.2, 0) is 14.3 Å². The maximum Gasteiger partial charge on any atom is 0.306 e. The molecule has 0 bridgehead atoms. The fourth-order valence-corrected chi connectivity index (χ4v) is 7.07. The Hall–Kier alpha value is -1.06. The molecule has 0 saturated carbocycles. The summed E-state index contributed by atoms with van der Waals surface area (Å²) in [7, 11) is 0. The molecule has 4 heteroatoms. The molecule has 0 aromatic rings. The van der Waals surface area contributed by atoms with Crippen LogP contribution in [0.2, 0.25) is 0 Å². The molecular formula is C44H86O4. The smallest absolute Gasteiger partial charge is 0.306 e. The summed E-state index contributed by atoms with van der Waals surface area (Å²) < 4.78 is 6.03. The molecule has 286 valence electrons. The van der Waals surface area contributed by atoms with Crippen molar-refractivity contribution in [1.29, 1.82) is 0 Å². The number of esters is 1. The van der Waals surface area contributed by atoms with Crippen molar-refractivity contribution >= 4 is 11.9 Å². The maximum absolute atomic E-state index is 12.7. The SMILES string of the molecule is CCCCCCCCCCCCCCCCCCC(CCCCCCCC(=O)O)OC(=O)CCCCCCCCCCCCCCCC. The number of carboxylic acid groups (broad SMARTS) is 1. The van der Waals surface area contributed by atoms with Crippen LogP contribution in [0.15, 0.2) is 0 Å². The van der Waals surface area contributed by atoms with E-state index in [4.69, 9.17) is 9.84 Å². The fourth-order valence-electron chi connectivity index (χ4n) is 7.07. The minimum absolute atomic E-state index is 0.0110. The van der Waals surface area contributed by atoms with E-state index in [9.17, 15) is 9.59 Å². The maximum atomic E-state index is 12.7. The van der Waals surface area contributed by atoms with Gasteiger partial charge in [0, 0.05) is 12.8 Å². The molecule has 0 rings (SSSR count). The zero-order valence-electron chi connectivity index (χ0n) is 32.8. The molecular weight excluding hydrogens is 592 g/mol. The van der Waals surface area contributed by atoms with Gasteiger partial charge in [0.05, 0.1) is 0 Å². The van der Waals surface area contributed by atoms with Crippen molar-refractivity contribution in [2.45, 2.75) is 270 Å². The van der Waals surface area contributed by atoms with Gasteiger partial charge in [-0.2, -0.15) is 0 Å². The van der Waals surface area contributed by atoms with Crippen molar-refractivity contribution in [1.82, 2.24) is 0 Å². The van der Waals surface area contributed by atoms with E-state index in [0.29, 0.717) is 6.42 Å². The van der Waals surface area contributed by atoms with Crippen LogP contribution < -0.4 is 0 Å².